The van der Waals surface area contributed by atoms with Crippen LogP contribution in [0.3, 0.4) is 0 Å². The third kappa shape index (κ3) is 3.18. The van der Waals surface area contributed by atoms with Crippen LogP contribution in [-0.2, 0) is 0 Å². The minimum Gasteiger partial charge on any atom is -0.310 e. The molecular formula is C23H18BrN. The van der Waals surface area contributed by atoms with Gasteiger partial charge in [-0.05, 0) is 54.3 Å². The van der Waals surface area contributed by atoms with Crippen molar-refractivity contribution in [2.45, 2.75) is 6.92 Å². The Morgan fingerprint density at radius 2 is 1.40 bits per heavy atom. The second-order valence-electron chi connectivity index (χ2n) is 6.16. The first kappa shape index (κ1) is 15.9. The van der Waals surface area contributed by atoms with Crippen LogP contribution in [0.1, 0.15) is 5.56 Å². The Balaban J connectivity index is 2.00. The van der Waals surface area contributed by atoms with Crippen molar-refractivity contribution in [2.75, 3.05) is 4.90 Å². The number of aryl methyl sites for hydroxylation is 1. The predicted molar refractivity (Wildman–Crippen MR) is 111 cm³/mol. The summed E-state index contributed by atoms with van der Waals surface area (Å²) >= 11 is 3.65. The highest BCUT2D eigenvalue weighted by Crippen LogP contribution is 2.39. The number of hydrogen-bond acceptors (Lipinski definition) is 1. The van der Waals surface area contributed by atoms with Gasteiger partial charge in [0.05, 0.1) is 5.69 Å². The Hall–Kier alpha value is -2.58. The lowest BCUT2D eigenvalue weighted by Gasteiger charge is -2.27. The largest absolute Gasteiger partial charge is 0.310 e. The summed E-state index contributed by atoms with van der Waals surface area (Å²) in [4.78, 5) is 2.32. The van der Waals surface area contributed by atoms with Gasteiger partial charge in [-0.1, -0.05) is 70.5 Å². The van der Waals surface area contributed by atoms with E-state index in [9.17, 15) is 0 Å². The van der Waals surface area contributed by atoms with Crippen LogP contribution in [0.2, 0.25) is 0 Å². The van der Waals surface area contributed by atoms with Gasteiger partial charge in [-0.25, -0.2) is 0 Å². The summed E-state index contributed by atoms with van der Waals surface area (Å²) < 4.78 is 1.09. The molecule has 4 aromatic rings. The van der Waals surface area contributed by atoms with Crippen molar-refractivity contribution >= 4 is 43.8 Å². The second kappa shape index (κ2) is 6.73. The number of fused-ring (bicyclic) bond motifs is 1. The lowest BCUT2D eigenvalue weighted by molar-refractivity contribution is 1.28. The summed E-state index contributed by atoms with van der Waals surface area (Å²) in [6.07, 6.45) is 0. The molecule has 0 saturated carbocycles. The molecule has 4 rings (SSSR count). The summed E-state index contributed by atoms with van der Waals surface area (Å²) in [6, 6.07) is 32.0. The second-order valence-corrected chi connectivity index (χ2v) is 7.07. The Labute approximate surface area is 156 Å². The lowest BCUT2D eigenvalue weighted by Crippen LogP contribution is -2.10. The molecule has 0 heterocycles. The third-order valence-corrected chi connectivity index (χ3v) is 4.76. The predicted octanol–water partition coefficient (Wildman–Crippen LogP) is 7.38. The van der Waals surface area contributed by atoms with E-state index in [-0.39, 0.29) is 0 Å². The molecule has 0 bridgehead atoms. The fraction of sp³-hybridized carbons (Fsp3) is 0.0435. The Morgan fingerprint density at radius 1 is 0.680 bits per heavy atom. The van der Waals surface area contributed by atoms with Gasteiger partial charge < -0.3 is 4.90 Å². The third-order valence-electron chi connectivity index (χ3n) is 4.31. The fourth-order valence-electron chi connectivity index (χ4n) is 3.25. The minimum atomic E-state index is 1.09. The zero-order chi connectivity index (χ0) is 17.2. The van der Waals surface area contributed by atoms with Gasteiger partial charge in [0.25, 0.3) is 0 Å². The highest BCUT2D eigenvalue weighted by atomic mass is 79.9. The van der Waals surface area contributed by atoms with Crippen LogP contribution in [0, 0.1) is 6.92 Å². The van der Waals surface area contributed by atoms with E-state index in [1.54, 1.807) is 0 Å². The molecule has 0 fully saturated rings. The smallest absolute Gasteiger partial charge is 0.0540 e. The van der Waals surface area contributed by atoms with Crippen LogP contribution in [0.15, 0.2) is 95.5 Å². The number of halogens is 1. The molecule has 0 N–H and O–H groups in total. The normalized spacial score (nSPS) is 10.8. The topological polar surface area (TPSA) is 3.24 Å². The molecule has 122 valence electrons. The van der Waals surface area contributed by atoms with E-state index in [0.717, 1.165) is 15.8 Å². The van der Waals surface area contributed by atoms with Gasteiger partial charge in [0.1, 0.15) is 0 Å². The highest BCUT2D eigenvalue weighted by molar-refractivity contribution is 9.10. The molecule has 0 saturated heterocycles. The summed E-state index contributed by atoms with van der Waals surface area (Å²) in [5.41, 5.74) is 4.71. The number of nitrogens with zero attached hydrogens (tertiary/aromatic N) is 1. The Kier molecular flexibility index (Phi) is 4.29. The maximum Gasteiger partial charge on any atom is 0.0540 e. The van der Waals surface area contributed by atoms with Crippen molar-refractivity contribution < 1.29 is 0 Å². The first-order chi connectivity index (χ1) is 12.2. The molecule has 0 aromatic heterocycles. The standard InChI is InChI=1S/C23H18BrN/c1-17-14-19(24)16-21(15-17)25(20-10-3-2-4-11-20)23-13-7-9-18-8-5-6-12-22(18)23/h2-16H,1H3. The molecule has 4 aromatic carbocycles. The monoisotopic (exact) mass is 387 g/mol. The van der Waals surface area contributed by atoms with Crippen LogP contribution < -0.4 is 4.90 Å². The van der Waals surface area contributed by atoms with Crippen LogP contribution in [0.4, 0.5) is 17.1 Å². The molecule has 0 aliphatic rings. The average Bonchev–Trinajstić information content (AvgIpc) is 2.62. The van der Waals surface area contributed by atoms with Gasteiger partial charge in [0.15, 0.2) is 0 Å². The molecule has 0 aliphatic heterocycles. The van der Waals surface area contributed by atoms with Crippen molar-refractivity contribution in [3.63, 3.8) is 0 Å². The first-order valence-electron chi connectivity index (χ1n) is 8.32. The van der Waals surface area contributed by atoms with Crippen LogP contribution in [0.5, 0.6) is 0 Å². The first-order valence-corrected chi connectivity index (χ1v) is 9.12. The maximum atomic E-state index is 3.65. The van der Waals surface area contributed by atoms with Gasteiger partial charge in [-0.3, -0.25) is 0 Å². The Morgan fingerprint density at radius 3 is 2.20 bits per heavy atom. The molecule has 25 heavy (non-hydrogen) atoms. The van der Waals surface area contributed by atoms with Gasteiger partial charge in [-0.2, -0.15) is 0 Å². The van der Waals surface area contributed by atoms with Gasteiger partial charge >= 0.3 is 0 Å². The van der Waals surface area contributed by atoms with E-state index in [2.05, 4.69) is 119 Å². The molecular weight excluding hydrogens is 370 g/mol. The molecule has 0 aliphatic carbocycles. The van der Waals surface area contributed by atoms with E-state index in [1.807, 2.05) is 0 Å². The highest BCUT2D eigenvalue weighted by Gasteiger charge is 2.15. The molecule has 0 spiro atoms. The SMILES string of the molecule is Cc1cc(Br)cc(N(c2ccccc2)c2cccc3ccccc23)c1. The summed E-state index contributed by atoms with van der Waals surface area (Å²) in [5, 5.41) is 2.49. The zero-order valence-electron chi connectivity index (χ0n) is 14.0. The van der Waals surface area contributed by atoms with Crippen molar-refractivity contribution in [2.24, 2.45) is 0 Å². The van der Waals surface area contributed by atoms with Crippen molar-refractivity contribution in [3.8, 4) is 0 Å². The molecule has 0 atom stereocenters. The van der Waals surface area contributed by atoms with Crippen molar-refractivity contribution in [1.29, 1.82) is 0 Å². The van der Waals surface area contributed by atoms with Gasteiger partial charge in [-0.15, -0.1) is 0 Å². The van der Waals surface area contributed by atoms with Gasteiger partial charge in [0, 0.05) is 21.2 Å². The molecule has 0 unspecified atom stereocenters. The van der Waals surface area contributed by atoms with E-state index in [4.69, 9.17) is 0 Å². The Bertz CT molecular complexity index is 999. The van der Waals surface area contributed by atoms with Crippen LogP contribution >= 0.6 is 15.9 Å². The summed E-state index contributed by atoms with van der Waals surface area (Å²) in [6.45, 7) is 2.13. The number of rotatable bonds is 3. The average molecular weight is 388 g/mol. The molecule has 2 heteroatoms. The maximum absolute atomic E-state index is 3.65. The number of benzene rings is 4. The minimum absolute atomic E-state index is 1.09. The number of anilines is 3. The summed E-state index contributed by atoms with van der Waals surface area (Å²) in [5.74, 6) is 0. The lowest BCUT2D eigenvalue weighted by atomic mass is 10.1. The van der Waals surface area contributed by atoms with E-state index in [0.29, 0.717) is 0 Å². The zero-order valence-corrected chi connectivity index (χ0v) is 15.6. The quantitative estimate of drug-likeness (QED) is 0.354. The van der Waals surface area contributed by atoms with E-state index >= 15 is 0 Å². The van der Waals surface area contributed by atoms with Crippen LogP contribution in [0.25, 0.3) is 10.8 Å². The number of hydrogen-bond donors (Lipinski definition) is 0. The van der Waals surface area contributed by atoms with Gasteiger partial charge in [0.2, 0.25) is 0 Å². The summed E-state index contributed by atoms with van der Waals surface area (Å²) in [7, 11) is 0. The number of para-hydroxylation sites is 1. The van der Waals surface area contributed by atoms with Crippen molar-refractivity contribution in [1.82, 2.24) is 0 Å². The molecule has 0 amide bonds. The van der Waals surface area contributed by atoms with Crippen molar-refractivity contribution in [3.05, 3.63) is 101 Å². The van der Waals surface area contributed by atoms with E-state index < -0.39 is 0 Å². The molecule has 0 radical (unpaired) electrons. The van der Waals surface area contributed by atoms with Crippen LogP contribution in [-0.4, -0.2) is 0 Å². The van der Waals surface area contributed by atoms with E-state index in [1.165, 1.54) is 22.0 Å². The fourth-order valence-corrected chi connectivity index (χ4v) is 3.85. The molecule has 1 nitrogen and oxygen atoms in total.